The zero-order valence-corrected chi connectivity index (χ0v) is 15.6. The first-order valence-corrected chi connectivity index (χ1v) is 9.39. The van der Waals surface area contributed by atoms with Crippen molar-refractivity contribution in [2.45, 2.75) is 52.8 Å². The molecule has 1 aromatic rings. The van der Waals surface area contributed by atoms with Gasteiger partial charge in [-0.15, -0.1) is 0 Å². The largest absolute Gasteiger partial charge is 0.444 e. The van der Waals surface area contributed by atoms with E-state index in [-0.39, 0.29) is 6.09 Å². The van der Waals surface area contributed by atoms with Crippen molar-refractivity contribution in [3.05, 3.63) is 35.4 Å². The van der Waals surface area contributed by atoms with Crippen molar-refractivity contribution < 1.29 is 9.53 Å². The third-order valence-corrected chi connectivity index (χ3v) is 4.02. The normalized spacial score (nSPS) is 11.3. The highest BCUT2D eigenvalue weighted by molar-refractivity contribution is 7.99. The maximum Gasteiger partial charge on any atom is 0.407 e. The van der Waals surface area contributed by atoms with Crippen LogP contribution in [0.15, 0.2) is 24.3 Å². The standard InChI is InChI=1S/C18H30N2O2S/c1-5-23-12-6-11-19-13-15-7-9-16(10-8-15)14-20-17(21)22-18(2,3)4/h7-10,19H,5-6,11-14H2,1-4H3,(H,20,21). The average Bonchev–Trinajstić information content (AvgIpc) is 2.48. The first kappa shape index (κ1) is 19.8. The minimum absolute atomic E-state index is 0.381. The Morgan fingerprint density at radius 1 is 1.13 bits per heavy atom. The molecule has 5 heteroatoms. The van der Waals surface area contributed by atoms with Gasteiger partial charge in [0, 0.05) is 13.1 Å². The molecule has 0 aliphatic rings. The molecule has 0 fully saturated rings. The van der Waals surface area contributed by atoms with Gasteiger partial charge in [-0.05, 0) is 56.4 Å². The topological polar surface area (TPSA) is 50.4 Å². The lowest BCUT2D eigenvalue weighted by molar-refractivity contribution is 0.0523. The fourth-order valence-electron chi connectivity index (χ4n) is 1.94. The average molecular weight is 339 g/mol. The number of carbonyl (C=O) groups excluding carboxylic acids is 1. The van der Waals surface area contributed by atoms with E-state index in [0.717, 1.165) is 18.7 Å². The molecule has 0 atom stereocenters. The molecule has 130 valence electrons. The molecule has 0 spiro atoms. The molecule has 0 saturated heterocycles. The summed E-state index contributed by atoms with van der Waals surface area (Å²) in [6.45, 7) is 10.2. The van der Waals surface area contributed by atoms with Gasteiger partial charge in [0.15, 0.2) is 0 Å². The Labute approximate surface area is 144 Å². The lowest BCUT2D eigenvalue weighted by Crippen LogP contribution is -2.32. The van der Waals surface area contributed by atoms with Crippen LogP contribution in [0, 0.1) is 0 Å². The zero-order chi connectivity index (χ0) is 17.1. The Hall–Kier alpha value is -1.20. The predicted molar refractivity (Wildman–Crippen MR) is 98.8 cm³/mol. The second-order valence-corrected chi connectivity index (χ2v) is 7.79. The molecule has 0 aromatic heterocycles. The van der Waals surface area contributed by atoms with Gasteiger partial charge in [0.2, 0.25) is 0 Å². The number of nitrogens with one attached hydrogen (secondary N) is 2. The van der Waals surface area contributed by atoms with Crippen molar-refractivity contribution in [1.29, 1.82) is 0 Å². The van der Waals surface area contributed by atoms with Gasteiger partial charge in [0.25, 0.3) is 0 Å². The van der Waals surface area contributed by atoms with Gasteiger partial charge in [-0.2, -0.15) is 11.8 Å². The molecule has 0 unspecified atom stereocenters. The van der Waals surface area contributed by atoms with E-state index in [2.05, 4.69) is 29.7 Å². The molecule has 0 heterocycles. The molecule has 0 saturated carbocycles. The van der Waals surface area contributed by atoms with Crippen molar-refractivity contribution in [3.8, 4) is 0 Å². The minimum Gasteiger partial charge on any atom is -0.444 e. The third-order valence-electron chi connectivity index (χ3n) is 3.03. The smallest absolute Gasteiger partial charge is 0.407 e. The highest BCUT2D eigenvalue weighted by Gasteiger charge is 2.15. The minimum atomic E-state index is -0.463. The second-order valence-electron chi connectivity index (χ2n) is 6.40. The van der Waals surface area contributed by atoms with E-state index in [9.17, 15) is 4.79 Å². The summed E-state index contributed by atoms with van der Waals surface area (Å²) in [7, 11) is 0. The Balaban J connectivity index is 2.24. The Morgan fingerprint density at radius 3 is 2.30 bits per heavy atom. The third kappa shape index (κ3) is 10.2. The van der Waals surface area contributed by atoms with Crippen LogP contribution in [0.5, 0.6) is 0 Å². The van der Waals surface area contributed by atoms with Crippen molar-refractivity contribution >= 4 is 17.9 Å². The van der Waals surface area contributed by atoms with Gasteiger partial charge in [0.1, 0.15) is 5.60 Å². The van der Waals surface area contributed by atoms with E-state index < -0.39 is 5.60 Å². The predicted octanol–water partition coefficient (Wildman–Crippen LogP) is 3.94. The molecule has 1 aromatic carbocycles. The molecule has 0 bridgehead atoms. The van der Waals surface area contributed by atoms with Crippen LogP contribution in [0.1, 0.15) is 45.2 Å². The van der Waals surface area contributed by atoms with E-state index in [0.29, 0.717) is 6.54 Å². The van der Waals surface area contributed by atoms with Crippen LogP contribution in [0.4, 0.5) is 4.79 Å². The molecule has 4 nitrogen and oxygen atoms in total. The van der Waals surface area contributed by atoms with Crippen LogP contribution in [0.25, 0.3) is 0 Å². The molecule has 1 amide bonds. The maximum atomic E-state index is 11.6. The van der Waals surface area contributed by atoms with E-state index >= 15 is 0 Å². The quantitative estimate of drug-likeness (QED) is 0.670. The van der Waals surface area contributed by atoms with Crippen LogP contribution < -0.4 is 10.6 Å². The fourth-order valence-corrected chi connectivity index (χ4v) is 2.58. The lowest BCUT2D eigenvalue weighted by atomic mass is 10.1. The number of hydrogen-bond acceptors (Lipinski definition) is 4. The van der Waals surface area contributed by atoms with Crippen molar-refractivity contribution in [3.63, 3.8) is 0 Å². The summed E-state index contributed by atoms with van der Waals surface area (Å²) in [5.41, 5.74) is 1.86. The Bertz CT molecular complexity index is 455. The number of thioether (sulfide) groups is 1. The van der Waals surface area contributed by atoms with Crippen molar-refractivity contribution in [1.82, 2.24) is 10.6 Å². The van der Waals surface area contributed by atoms with Gasteiger partial charge in [0.05, 0.1) is 0 Å². The summed E-state index contributed by atoms with van der Waals surface area (Å²) < 4.78 is 5.21. The summed E-state index contributed by atoms with van der Waals surface area (Å²) in [5, 5.41) is 6.22. The first-order chi connectivity index (χ1) is 10.9. The van der Waals surface area contributed by atoms with Gasteiger partial charge in [-0.3, -0.25) is 0 Å². The molecule has 0 aliphatic heterocycles. The van der Waals surface area contributed by atoms with Crippen molar-refractivity contribution in [2.24, 2.45) is 0 Å². The summed E-state index contributed by atoms with van der Waals surface area (Å²) in [5.74, 6) is 2.41. The lowest BCUT2D eigenvalue weighted by Gasteiger charge is -2.19. The van der Waals surface area contributed by atoms with E-state index in [1.165, 1.54) is 23.5 Å². The van der Waals surface area contributed by atoms with Gasteiger partial charge >= 0.3 is 6.09 Å². The molecule has 0 aliphatic carbocycles. The number of hydrogen-bond donors (Lipinski definition) is 2. The molecule has 2 N–H and O–H groups in total. The molecule has 23 heavy (non-hydrogen) atoms. The molecule has 1 rings (SSSR count). The van der Waals surface area contributed by atoms with E-state index in [1.54, 1.807) is 0 Å². The van der Waals surface area contributed by atoms with Crippen LogP contribution in [0.2, 0.25) is 0 Å². The number of carbonyl (C=O) groups is 1. The SMILES string of the molecule is CCSCCCNCc1ccc(CNC(=O)OC(C)(C)C)cc1. The second kappa shape index (κ2) is 10.6. The number of amides is 1. The summed E-state index contributed by atoms with van der Waals surface area (Å²) >= 11 is 1.98. The van der Waals surface area contributed by atoms with Crippen molar-refractivity contribution in [2.75, 3.05) is 18.1 Å². The highest BCUT2D eigenvalue weighted by atomic mass is 32.2. The van der Waals surface area contributed by atoms with Crippen LogP contribution in [-0.4, -0.2) is 29.7 Å². The van der Waals surface area contributed by atoms with Crippen LogP contribution in [0.3, 0.4) is 0 Å². The summed E-state index contributed by atoms with van der Waals surface area (Å²) in [6, 6.07) is 8.28. The van der Waals surface area contributed by atoms with E-state index in [1.807, 2.05) is 44.7 Å². The highest BCUT2D eigenvalue weighted by Crippen LogP contribution is 2.08. The first-order valence-electron chi connectivity index (χ1n) is 8.24. The van der Waals surface area contributed by atoms with Gasteiger partial charge < -0.3 is 15.4 Å². The number of alkyl carbamates (subject to hydrolysis) is 1. The number of benzene rings is 1. The monoisotopic (exact) mass is 338 g/mol. The summed E-state index contributed by atoms with van der Waals surface area (Å²) in [4.78, 5) is 11.6. The summed E-state index contributed by atoms with van der Waals surface area (Å²) in [6.07, 6.45) is 0.823. The van der Waals surface area contributed by atoms with Gasteiger partial charge in [-0.1, -0.05) is 31.2 Å². The maximum absolute atomic E-state index is 11.6. The zero-order valence-electron chi connectivity index (χ0n) is 14.8. The Morgan fingerprint density at radius 2 is 1.74 bits per heavy atom. The molecular formula is C18H30N2O2S. The number of ether oxygens (including phenoxy) is 1. The Kier molecular flexibility index (Phi) is 9.10. The van der Waals surface area contributed by atoms with Gasteiger partial charge in [-0.25, -0.2) is 4.79 Å². The fraction of sp³-hybridized carbons (Fsp3) is 0.611. The molecular weight excluding hydrogens is 308 g/mol. The van der Waals surface area contributed by atoms with Crippen LogP contribution >= 0.6 is 11.8 Å². The van der Waals surface area contributed by atoms with Crippen LogP contribution in [-0.2, 0) is 17.8 Å². The molecule has 0 radical (unpaired) electrons. The van der Waals surface area contributed by atoms with E-state index in [4.69, 9.17) is 4.74 Å². The number of rotatable bonds is 9.